The highest BCUT2D eigenvalue weighted by Gasteiger charge is 2.27. The van der Waals surface area contributed by atoms with Crippen LogP contribution in [-0.4, -0.2) is 42.1 Å². The fraction of sp³-hybridized carbons (Fsp3) is 0.417. The molecule has 1 aromatic heterocycles. The Hall–Kier alpha value is -2.73. The molecule has 0 N–H and O–H groups in total. The van der Waals surface area contributed by atoms with Crippen LogP contribution in [-0.2, 0) is 16.1 Å². The summed E-state index contributed by atoms with van der Waals surface area (Å²) in [4.78, 5) is 18.9. The van der Waals surface area contributed by atoms with Crippen LogP contribution in [0.2, 0.25) is 0 Å². The molecule has 2 aliphatic rings. The van der Waals surface area contributed by atoms with Crippen molar-refractivity contribution in [3.63, 3.8) is 0 Å². The number of fused-ring (bicyclic) bond motifs is 2. The average Bonchev–Trinajstić information content (AvgIpc) is 2.91. The van der Waals surface area contributed by atoms with E-state index in [9.17, 15) is 9.18 Å². The van der Waals surface area contributed by atoms with Crippen molar-refractivity contribution >= 4 is 11.5 Å². The molecular formula is C24H27FN2O3. The van der Waals surface area contributed by atoms with Gasteiger partial charge in [0, 0.05) is 48.6 Å². The molecule has 30 heavy (non-hydrogen) atoms. The third-order valence-corrected chi connectivity index (χ3v) is 5.76. The first-order valence-electron chi connectivity index (χ1n) is 10.5. The van der Waals surface area contributed by atoms with E-state index in [-0.39, 0.29) is 17.7 Å². The summed E-state index contributed by atoms with van der Waals surface area (Å²) in [6, 6.07) is 8.65. The summed E-state index contributed by atoms with van der Waals surface area (Å²) in [5, 5.41) is 0. The zero-order valence-electron chi connectivity index (χ0n) is 17.5. The number of ether oxygens (including phenoxy) is 2. The number of likely N-dealkylation sites (tertiary alicyclic amines) is 1. The van der Waals surface area contributed by atoms with Crippen molar-refractivity contribution in [1.82, 2.24) is 9.88 Å². The molecule has 1 atom stereocenters. The highest BCUT2D eigenvalue weighted by atomic mass is 19.1. The number of carbonyl (C=O) groups excluding carboxylic acids is 1. The number of aromatic nitrogens is 1. The quantitative estimate of drug-likeness (QED) is 0.707. The number of benzene rings is 1. The van der Waals surface area contributed by atoms with Gasteiger partial charge in [0.05, 0.1) is 18.2 Å². The molecule has 1 fully saturated rings. The minimum Gasteiger partial charge on any atom is -0.488 e. The van der Waals surface area contributed by atoms with Crippen molar-refractivity contribution in [2.45, 2.75) is 33.3 Å². The monoisotopic (exact) mass is 410 g/mol. The maximum Gasteiger partial charge on any atom is 0.309 e. The van der Waals surface area contributed by atoms with Gasteiger partial charge in [0.2, 0.25) is 0 Å². The normalized spacial score (nSPS) is 17.4. The molecule has 0 amide bonds. The Balaban J connectivity index is 1.61. The van der Waals surface area contributed by atoms with Crippen LogP contribution >= 0.6 is 0 Å². The van der Waals surface area contributed by atoms with Gasteiger partial charge in [-0.15, -0.1) is 0 Å². The Morgan fingerprint density at radius 3 is 2.87 bits per heavy atom. The second-order valence-corrected chi connectivity index (χ2v) is 7.87. The number of hydrogen-bond donors (Lipinski definition) is 0. The van der Waals surface area contributed by atoms with E-state index < -0.39 is 0 Å². The van der Waals surface area contributed by atoms with Crippen molar-refractivity contribution in [2.24, 2.45) is 5.92 Å². The lowest BCUT2D eigenvalue weighted by molar-refractivity contribution is -0.148. The van der Waals surface area contributed by atoms with Crippen LogP contribution in [0.25, 0.3) is 5.57 Å². The van der Waals surface area contributed by atoms with E-state index in [0.29, 0.717) is 25.5 Å². The number of piperidine rings is 1. The van der Waals surface area contributed by atoms with Crippen LogP contribution in [0.15, 0.2) is 42.1 Å². The molecule has 3 heterocycles. The lowest BCUT2D eigenvalue weighted by Gasteiger charge is -2.31. The van der Waals surface area contributed by atoms with Crippen LogP contribution in [0.1, 0.15) is 43.5 Å². The summed E-state index contributed by atoms with van der Waals surface area (Å²) < 4.78 is 24.9. The molecule has 0 radical (unpaired) electrons. The third kappa shape index (κ3) is 4.24. The molecule has 6 heteroatoms. The topological polar surface area (TPSA) is 51.7 Å². The van der Waals surface area contributed by atoms with E-state index in [4.69, 9.17) is 9.47 Å². The Labute approximate surface area is 176 Å². The highest BCUT2D eigenvalue weighted by Crippen LogP contribution is 2.40. The first-order chi connectivity index (χ1) is 14.6. The van der Waals surface area contributed by atoms with Crippen molar-refractivity contribution in [3.05, 3.63) is 64.7 Å². The number of pyridine rings is 1. The van der Waals surface area contributed by atoms with Gasteiger partial charge >= 0.3 is 5.97 Å². The van der Waals surface area contributed by atoms with E-state index in [2.05, 4.69) is 9.88 Å². The fourth-order valence-corrected chi connectivity index (χ4v) is 4.25. The van der Waals surface area contributed by atoms with Crippen molar-refractivity contribution in [3.8, 4) is 5.75 Å². The van der Waals surface area contributed by atoms with Gasteiger partial charge in [0.15, 0.2) is 0 Å². The van der Waals surface area contributed by atoms with Gasteiger partial charge in [0.1, 0.15) is 18.2 Å². The zero-order chi connectivity index (χ0) is 21.1. The Bertz CT molecular complexity index is 963. The van der Waals surface area contributed by atoms with Crippen LogP contribution < -0.4 is 4.74 Å². The minimum atomic E-state index is -0.306. The van der Waals surface area contributed by atoms with Gasteiger partial charge in [-0.25, -0.2) is 4.39 Å². The molecule has 0 saturated carbocycles. The molecule has 2 aliphatic heterocycles. The van der Waals surface area contributed by atoms with Crippen molar-refractivity contribution < 1.29 is 18.7 Å². The standard InChI is InChI=1S/C24H27FN2O3/c1-3-29-24(28)16(2)14-27-11-8-17(9-12-27)22-20-7-6-19(25)13-21(20)30-15-18-5-4-10-26-23(18)22/h4-7,10,13,16H,3,8-9,11-12,14-15H2,1-2H3. The minimum absolute atomic E-state index is 0.142. The summed E-state index contributed by atoms with van der Waals surface area (Å²) >= 11 is 0. The SMILES string of the molecule is CCOC(=O)C(C)CN1CCC(=C2c3ccc(F)cc3OCc3cccnc32)CC1. The molecule has 1 aromatic carbocycles. The Morgan fingerprint density at radius 2 is 2.10 bits per heavy atom. The van der Waals surface area contributed by atoms with E-state index in [1.165, 1.54) is 17.7 Å². The smallest absolute Gasteiger partial charge is 0.309 e. The number of nitrogens with zero attached hydrogens (tertiary/aromatic N) is 2. The summed E-state index contributed by atoms with van der Waals surface area (Å²) in [6.45, 7) is 6.95. The van der Waals surface area contributed by atoms with E-state index in [0.717, 1.165) is 48.3 Å². The highest BCUT2D eigenvalue weighted by molar-refractivity contribution is 5.85. The molecule has 5 nitrogen and oxygen atoms in total. The summed E-state index contributed by atoms with van der Waals surface area (Å²) in [5.74, 6) is -0.0261. The number of rotatable bonds is 4. The first kappa shape index (κ1) is 20.5. The van der Waals surface area contributed by atoms with Crippen LogP contribution in [0.3, 0.4) is 0 Å². The predicted molar refractivity (Wildman–Crippen MR) is 112 cm³/mol. The van der Waals surface area contributed by atoms with Crippen LogP contribution in [0, 0.1) is 11.7 Å². The average molecular weight is 410 g/mol. The predicted octanol–water partition coefficient (Wildman–Crippen LogP) is 4.21. The van der Waals surface area contributed by atoms with Gasteiger partial charge in [-0.3, -0.25) is 9.78 Å². The molecule has 158 valence electrons. The zero-order valence-corrected chi connectivity index (χ0v) is 17.5. The number of carbonyl (C=O) groups is 1. The van der Waals surface area contributed by atoms with Gasteiger partial charge in [-0.1, -0.05) is 18.6 Å². The summed E-state index contributed by atoms with van der Waals surface area (Å²) in [6.07, 6.45) is 3.54. The van der Waals surface area contributed by atoms with Gasteiger partial charge in [0.25, 0.3) is 0 Å². The maximum absolute atomic E-state index is 13.9. The second-order valence-electron chi connectivity index (χ2n) is 7.87. The lowest BCUT2D eigenvalue weighted by atomic mass is 9.89. The molecule has 0 spiro atoms. The summed E-state index contributed by atoms with van der Waals surface area (Å²) in [5.41, 5.74) is 5.20. The molecule has 1 saturated heterocycles. The number of halogens is 1. The largest absolute Gasteiger partial charge is 0.488 e. The second kappa shape index (κ2) is 8.96. The van der Waals surface area contributed by atoms with E-state index in [1.54, 1.807) is 12.3 Å². The molecule has 0 aliphatic carbocycles. The first-order valence-corrected chi connectivity index (χ1v) is 10.5. The van der Waals surface area contributed by atoms with Crippen molar-refractivity contribution in [2.75, 3.05) is 26.2 Å². The van der Waals surface area contributed by atoms with E-state index >= 15 is 0 Å². The van der Waals surface area contributed by atoms with Crippen molar-refractivity contribution in [1.29, 1.82) is 0 Å². The van der Waals surface area contributed by atoms with Crippen LogP contribution in [0.5, 0.6) is 5.75 Å². The van der Waals surface area contributed by atoms with Gasteiger partial charge in [-0.2, -0.15) is 0 Å². The summed E-state index contributed by atoms with van der Waals surface area (Å²) in [7, 11) is 0. The Kier molecular flexibility index (Phi) is 6.13. The lowest BCUT2D eigenvalue weighted by Crippen LogP contribution is -2.37. The molecular weight excluding hydrogens is 383 g/mol. The molecule has 0 bridgehead atoms. The molecule has 2 aromatic rings. The van der Waals surface area contributed by atoms with Gasteiger partial charge < -0.3 is 14.4 Å². The maximum atomic E-state index is 13.9. The molecule has 4 rings (SSSR count). The molecule has 1 unspecified atom stereocenters. The van der Waals surface area contributed by atoms with Crippen LogP contribution in [0.4, 0.5) is 4.39 Å². The number of hydrogen-bond acceptors (Lipinski definition) is 5. The Morgan fingerprint density at radius 1 is 1.30 bits per heavy atom. The fourth-order valence-electron chi connectivity index (χ4n) is 4.25. The van der Waals surface area contributed by atoms with Gasteiger partial charge in [-0.05, 0) is 38.0 Å². The third-order valence-electron chi connectivity index (χ3n) is 5.76. The van der Waals surface area contributed by atoms with E-state index in [1.807, 2.05) is 26.0 Å². The number of esters is 1.